The molecule has 0 fully saturated rings. The Morgan fingerprint density at radius 3 is 2.12 bits per heavy atom. The third-order valence-electron chi connectivity index (χ3n) is 5.69. The number of azo groups is 1. The molecular weight excluding hydrogens is 516 g/mol. The molecule has 1 aliphatic rings. The van der Waals surface area contributed by atoms with Gasteiger partial charge in [0.2, 0.25) is 5.72 Å². The molecule has 0 spiro atoms. The summed E-state index contributed by atoms with van der Waals surface area (Å²) in [4.78, 5) is 41.2. The van der Waals surface area contributed by atoms with Gasteiger partial charge in [-0.05, 0) is 64.6 Å². The fourth-order valence-electron chi connectivity index (χ4n) is 3.46. The van der Waals surface area contributed by atoms with Crippen LogP contribution in [0.2, 0.25) is 0 Å². The van der Waals surface area contributed by atoms with E-state index >= 15 is 0 Å². The third kappa shape index (κ3) is 8.63. The van der Waals surface area contributed by atoms with E-state index in [1.165, 1.54) is 18.2 Å². The van der Waals surface area contributed by atoms with Crippen LogP contribution in [0.25, 0.3) is 0 Å². The highest BCUT2D eigenvalue weighted by Crippen LogP contribution is 2.27. The molecule has 0 heterocycles. The van der Waals surface area contributed by atoms with Crippen molar-refractivity contribution in [2.24, 2.45) is 15.3 Å². The minimum absolute atomic E-state index is 0.0160. The number of carbonyl (C=O) groups excluding carboxylic acids is 3. The number of carbonyl (C=O) groups is 3. The monoisotopic (exact) mass is 550 g/mol. The third-order valence-corrected chi connectivity index (χ3v) is 5.69. The number of rotatable bonds is 12. The SMILES string of the molecule is CN(C)CCOC(=O)c1ccccc1N=NC1(O)CC(=O)C=C/C1=N/Nc1ccccc1C(=O)OCCN(C)C. The molecule has 0 aromatic heterocycles. The zero-order valence-electron chi connectivity index (χ0n) is 23.0. The lowest BCUT2D eigenvalue weighted by molar-refractivity contribution is -0.117. The quantitative estimate of drug-likeness (QED) is 0.231. The summed E-state index contributed by atoms with van der Waals surface area (Å²) < 4.78 is 10.6. The van der Waals surface area contributed by atoms with E-state index in [1.54, 1.807) is 42.5 Å². The first-order valence-electron chi connectivity index (χ1n) is 12.6. The van der Waals surface area contributed by atoms with E-state index in [-0.39, 0.29) is 41.5 Å². The molecule has 12 nitrogen and oxygen atoms in total. The molecule has 1 unspecified atom stereocenters. The smallest absolute Gasteiger partial charge is 0.340 e. The first-order valence-corrected chi connectivity index (χ1v) is 12.6. The van der Waals surface area contributed by atoms with Gasteiger partial charge >= 0.3 is 11.9 Å². The standard InChI is InChI=1S/C28H34N6O6/c1-33(2)15-17-39-26(36)21-9-5-7-11-23(21)29-31-25-14-13-20(35)19-28(25,38)32-30-24-12-8-6-10-22(24)27(37)40-18-16-34(3)4/h5-14,29,38H,15-19H2,1-4H3/b31-25-,32-30?. The molecule has 2 aromatic rings. The van der Waals surface area contributed by atoms with Crippen molar-refractivity contribution in [3.8, 4) is 0 Å². The van der Waals surface area contributed by atoms with Crippen LogP contribution in [-0.2, 0) is 14.3 Å². The minimum Gasteiger partial charge on any atom is -0.461 e. The van der Waals surface area contributed by atoms with Gasteiger partial charge in [-0.2, -0.15) is 10.2 Å². The summed E-state index contributed by atoms with van der Waals surface area (Å²) in [5.74, 6) is -1.52. The van der Waals surface area contributed by atoms with Crippen molar-refractivity contribution < 1.29 is 29.0 Å². The van der Waals surface area contributed by atoms with Crippen LogP contribution in [-0.4, -0.2) is 98.6 Å². The highest BCUT2D eigenvalue weighted by atomic mass is 16.5. The Labute approximate surface area is 233 Å². The Balaban J connectivity index is 1.82. The molecule has 12 heteroatoms. The summed E-state index contributed by atoms with van der Waals surface area (Å²) in [6.45, 7) is 1.52. The van der Waals surface area contributed by atoms with Crippen LogP contribution in [0.1, 0.15) is 27.1 Å². The van der Waals surface area contributed by atoms with Gasteiger partial charge in [0.15, 0.2) is 5.78 Å². The number of nitrogens with zero attached hydrogens (tertiary/aromatic N) is 5. The number of allylic oxidation sites excluding steroid dienone is 1. The number of aliphatic hydroxyl groups is 1. The van der Waals surface area contributed by atoms with Gasteiger partial charge in [0.25, 0.3) is 0 Å². The molecule has 0 bridgehead atoms. The fourth-order valence-corrected chi connectivity index (χ4v) is 3.46. The number of hydrogen-bond donors (Lipinski definition) is 2. The Morgan fingerprint density at radius 1 is 0.900 bits per heavy atom. The normalized spacial score (nSPS) is 18.1. The Morgan fingerprint density at radius 2 is 1.48 bits per heavy atom. The predicted octanol–water partition coefficient (Wildman–Crippen LogP) is 2.89. The number of hydrazone groups is 1. The average molecular weight is 551 g/mol. The Hall–Kier alpha value is -4.26. The molecule has 2 N–H and O–H groups in total. The van der Waals surface area contributed by atoms with Gasteiger partial charge in [-0.3, -0.25) is 10.2 Å². The van der Waals surface area contributed by atoms with E-state index in [4.69, 9.17) is 9.47 Å². The number of hydrogen-bond acceptors (Lipinski definition) is 12. The van der Waals surface area contributed by atoms with E-state index < -0.39 is 24.1 Å². The molecule has 40 heavy (non-hydrogen) atoms. The fraction of sp³-hybridized carbons (Fsp3) is 0.357. The number of para-hydroxylation sites is 1. The number of likely N-dealkylation sites (N-methyl/N-ethyl adjacent to an activating group) is 2. The minimum atomic E-state index is -2.12. The van der Waals surface area contributed by atoms with Crippen molar-refractivity contribution in [2.45, 2.75) is 12.1 Å². The summed E-state index contributed by atoms with van der Waals surface area (Å²) in [6, 6.07) is 13.0. The largest absolute Gasteiger partial charge is 0.461 e. The molecule has 3 rings (SSSR count). The van der Waals surface area contributed by atoms with Gasteiger partial charge in [0.1, 0.15) is 18.9 Å². The van der Waals surface area contributed by atoms with Gasteiger partial charge in [-0.1, -0.05) is 24.3 Å². The summed E-state index contributed by atoms with van der Waals surface area (Å²) >= 11 is 0. The van der Waals surface area contributed by atoms with Crippen molar-refractivity contribution in [3.63, 3.8) is 0 Å². The van der Waals surface area contributed by atoms with Crippen LogP contribution in [0.5, 0.6) is 0 Å². The summed E-state index contributed by atoms with van der Waals surface area (Å²) in [5.41, 5.74) is 1.52. The summed E-state index contributed by atoms with van der Waals surface area (Å²) in [6.07, 6.45) is 2.16. The van der Waals surface area contributed by atoms with E-state index in [0.29, 0.717) is 18.8 Å². The molecule has 0 radical (unpaired) electrons. The second-order valence-corrected chi connectivity index (χ2v) is 9.54. The molecule has 1 aliphatic carbocycles. The van der Waals surface area contributed by atoms with Crippen LogP contribution >= 0.6 is 0 Å². The highest BCUT2D eigenvalue weighted by Gasteiger charge is 2.38. The van der Waals surface area contributed by atoms with Crippen LogP contribution in [0.3, 0.4) is 0 Å². The van der Waals surface area contributed by atoms with Crippen molar-refractivity contribution >= 4 is 34.8 Å². The Bertz CT molecular complexity index is 1310. The number of nitrogens with one attached hydrogen (secondary N) is 1. The second kappa shape index (κ2) is 14.2. The summed E-state index contributed by atoms with van der Waals surface area (Å²) in [5, 5.41) is 23.6. The zero-order valence-corrected chi connectivity index (χ0v) is 23.0. The van der Waals surface area contributed by atoms with Gasteiger partial charge in [-0.25, -0.2) is 9.59 Å². The number of anilines is 1. The average Bonchev–Trinajstić information content (AvgIpc) is 2.91. The number of benzene rings is 2. The molecule has 0 amide bonds. The van der Waals surface area contributed by atoms with Crippen LogP contribution in [0.15, 0.2) is 76.0 Å². The number of ketones is 1. The lowest BCUT2D eigenvalue weighted by Crippen LogP contribution is -2.40. The van der Waals surface area contributed by atoms with Crippen LogP contribution < -0.4 is 5.43 Å². The summed E-state index contributed by atoms with van der Waals surface area (Å²) in [7, 11) is 7.47. The molecule has 212 valence electrons. The molecular formula is C28H34N6O6. The van der Waals surface area contributed by atoms with E-state index in [2.05, 4.69) is 20.8 Å². The molecule has 1 atom stereocenters. The van der Waals surface area contributed by atoms with Gasteiger partial charge in [-0.15, -0.1) is 5.11 Å². The maximum absolute atomic E-state index is 12.6. The van der Waals surface area contributed by atoms with Crippen molar-refractivity contribution in [2.75, 3.05) is 59.9 Å². The lowest BCUT2D eigenvalue weighted by atomic mass is 9.95. The van der Waals surface area contributed by atoms with Gasteiger partial charge in [0.05, 0.1) is 28.9 Å². The molecule has 0 aliphatic heterocycles. The van der Waals surface area contributed by atoms with Crippen molar-refractivity contribution in [3.05, 3.63) is 71.8 Å². The highest BCUT2D eigenvalue weighted by molar-refractivity contribution is 6.12. The van der Waals surface area contributed by atoms with E-state index in [1.807, 2.05) is 38.0 Å². The molecule has 0 saturated heterocycles. The van der Waals surface area contributed by atoms with Gasteiger partial charge < -0.3 is 24.4 Å². The van der Waals surface area contributed by atoms with Crippen LogP contribution in [0.4, 0.5) is 11.4 Å². The van der Waals surface area contributed by atoms with E-state index in [0.717, 1.165) is 0 Å². The second-order valence-electron chi connectivity index (χ2n) is 9.54. The van der Waals surface area contributed by atoms with E-state index in [9.17, 15) is 19.5 Å². The lowest BCUT2D eigenvalue weighted by Gasteiger charge is -2.24. The van der Waals surface area contributed by atoms with Gasteiger partial charge in [0, 0.05) is 13.1 Å². The number of ether oxygens (including phenoxy) is 2. The number of esters is 2. The first kappa shape index (κ1) is 30.3. The zero-order chi connectivity index (χ0) is 29.1. The van der Waals surface area contributed by atoms with Crippen molar-refractivity contribution in [1.82, 2.24) is 9.80 Å². The predicted molar refractivity (Wildman–Crippen MR) is 150 cm³/mol. The first-order chi connectivity index (χ1) is 19.1. The maximum Gasteiger partial charge on any atom is 0.340 e. The molecule has 2 aromatic carbocycles. The topological polar surface area (TPSA) is 145 Å². The Kier molecular flexibility index (Phi) is 10.8. The molecule has 0 saturated carbocycles. The van der Waals surface area contributed by atoms with Crippen molar-refractivity contribution in [1.29, 1.82) is 0 Å². The van der Waals surface area contributed by atoms with Crippen LogP contribution in [0, 0.1) is 0 Å². The maximum atomic E-state index is 12.6.